The van der Waals surface area contributed by atoms with Crippen molar-refractivity contribution in [1.29, 1.82) is 5.26 Å². The van der Waals surface area contributed by atoms with Gasteiger partial charge in [-0.05, 0) is 24.6 Å². The van der Waals surface area contributed by atoms with Crippen LogP contribution in [0.2, 0.25) is 0 Å². The number of benzene rings is 1. The van der Waals surface area contributed by atoms with Crippen LogP contribution in [0.4, 0.5) is 4.39 Å². The van der Waals surface area contributed by atoms with Crippen molar-refractivity contribution in [3.8, 4) is 6.07 Å². The van der Waals surface area contributed by atoms with E-state index in [1.165, 1.54) is 12.1 Å². The Morgan fingerprint density at radius 3 is 2.89 bits per heavy atom. The van der Waals surface area contributed by atoms with Gasteiger partial charge in [0.1, 0.15) is 5.82 Å². The molecule has 0 spiro atoms. The monoisotopic (exact) mass is 261 g/mol. The molecule has 2 rings (SSSR count). The molecule has 1 aromatic rings. The second-order valence-electron chi connectivity index (χ2n) is 4.59. The first-order chi connectivity index (χ1) is 9.20. The second kappa shape index (κ2) is 6.30. The van der Waals surface area contributed by atoms with Crippen LogP contribution < -0.4 is 0 Å². The highest BCUT2D eigenvalue weighted by Crippen LogP contribution is 2.10. The maximum Gasteiger partial charge on any atom is 0.254 e. The minimum absolute atomic E-state index is 0.140. The predicted molar refractivity (Wildman–Crippen MR) is 69.0 cm³/mol. The Morgan fingerprint density at radius 2 is 2.16 bits per heavy atom. The average Bonchev–Trinajstić information content (AvgIpc) is 2.64. The summed E-state index contributed by atoms with van der Waals surface area (Å²) in [5, 5.41) is 8.68. The van der Waals surface area contributed by atoms with Crippen molar-refractivity contribution in [2.75, 3.05) is 32.7 Å². The van der Waals surface area contributed by atoms with Crippen LogP contribution in [0, 0.1) is 17.1 Å². The highest BCUT2D eigenvalue weighted by atomic mass is 19.1. The van der Waals surface area contributed by atoms with Gasteiger partial charge in [-0.15, -0.1) is 0 Å². The molecule has 0 aliphatic carbocycles. The summed E-state index contributed by atoms with van der Waals surface area (Å²) in [7, 11) is 0. The third kappa shape index (κ3) is 3.52. The van der Waals surface area contributed by atoms with E-state index in [9.17, 15) is 9.18 Å². The molecule has 4 nitrogen and oxygen atoms in total. The number of hydrogen-bond acceptors (Lipinski definition) is 3. The highest BCUT2D eigenvalue weighted by molar-refractivity contribution is 5.94. The summed E-state index contributed by atoms with van der Waals surface area (Å²) in [6.45, 7) is 3.13. The highest BCUT2D eigenvalue weighted by Gasteiger charge is 2.20. The second-order valence-corrected chi connectivity index (χ2v) is 4.59. The summed E-state index contributed by atoms with van der Waals surface area (Å²) in [6.07, 6.45) is 0.836. The summed E-state index contributed by atoms with van der Waals surface area (Å²) < 4.78 is 13.1. The van der Waals surface area contributed by atoms with Gasteiger partial charge in [0, 0.05) is 31.7 Å². The van der Waals surface area contributed by atoms with Gasteiger partial charge < -0.3 is 4.90 Å². The van der Waals surface area contributed by atoms with Crippen molar-refractivity contribution in [3.63, 3.8) is 0 Å². The van der Waals surface area contributed by atoms with Gasteiger partial charge in [-0.3, -0.25) is 9.69 Å². The van der Waals surface area contributed by atoms with Gasteiger partial charge in [0.2, 0.25) is 0 Å². The summed E-state index contributed by atoms with van der Waals surface area (Å²) in [4.78, 5) is 16.0. The minimum atomic E-state index is -0.397. The Labute approximate surface area is 112 Å². The fraction of sp³-hybridized carbons (Fsp3) is 0.429. The Balaban J connectivity index is 2.02. The lowest BCUT2D eigenvalue weighted by atomic mass is 10.2. The summed E-state index contributed by atoms with van der Waals surface area (Å²) in [5.41, 5.74) is 0.383. The normalized spacial score (nSPS) is 16.7. The van der Waals surface area contributed by atoms with Crippen molar-refractivity contribution in [2.45, 2.75) is 6.42 Å². The van der Waals surface area contributed by atoms with E-state index in [-0.39, 0.29) is 5.91 Å². The topological polar surface area (TPSA) is 47.3 Å². The molecule has 0 radical (unpaired) electrons. The fourth-order valence-corrected chi connectivity index (χ4v) is 2.24. The van der Waals surface area contributed by atoms with E-state index in [2.05, 4.69) is 6.07 Å². The number of nitriles is 1. The number of amides is 1. The van der Waals surface area contributed by atoms with Crippen LogP contribution in [0.3, 0.4) is 0 Å². The molecule has 0 saturated carbocycles. The van der Waals surface area contributed by atoms with Gasteiger partial charge in [0.25, 0.3) is 5.91 Å². The minimum Gasteiger partial charge on any atom is -0.337 e. The van der Waals surface area contributed by atoms with Gasteiger partial charge in [-0.1, -0.05) is 6.07 Å². The zero-order valence-electron chi connectivity index (χ0n) is 10.7. The molecule has 100 valence electrons. The number of hydrogen-bond donors (Lipinski definition) is 0. The Bertz CT molecular complexity index is 498. The zero-order valence-corrected chi connectivity index (χ0v) is 10.7. The van der Waals surface area contributed by atoms with Crippen LogP contribution in [0.25, 0.3) is 0 Å². The lowest BCUT2D eigenvalue weighted by molar-refractivity contribution is 0.0761. The molecule has 1 heterocycles. The number of nitrogens with zero attached hydrogens (tertiary/aromatic N) is 3. The molecule has 19 heavy (non-hydrogen) atoms. The first-order valence-electron chi connectivity index (χ1n) is 6.35. The van der Waals surface area contributed by atoms with Gasteiger partial charge in [0.05, 0.1) is 12.6 Å². The van der Waals surface area contributed by atoms with Crippen LogP contribution >= 0.6 is 0 Å². The smallest absolute Gasteiger partial charge is 0.254 e. The van der Waals surface area contributed by atoms with Crippen LogP contribution in [0.15, 0.2) is 24.3 Å². The average molecular weight is 261 g/mol. The van der Waals surface area contributed by atoms with Crippen molar-refractivity contribution < 1.29 is 9.18 Å². The Hall–Kier alpha value is -1.93. The molecule has 1 aromatic carbocycles. The van der Waals surface area contributed by atoms with E-state index in [1.807, 2.05) is 4.90 Å². The molecular formula is C14H16FN3O. The van der Waals surface area contributed by atoms with E-state index in [0.29, 0.717) is 31.7 Å². The van der Waals surface area contributed by atoms with Gasteiger partial charge in [-0.25, -0.2) is 4.39 Å². The molecule has 1 aliphatic heterocycles. The lowest BCUT2D eigenvalue weighted by Gasteiger charge is -2.21. The maximum absolute atomic E-state index is 13.1. The molecule has 0 atom stereocenters. The van der Waals surface area contributed by atoms with Crippen molar-refractivity contribution in [2.24, 2.45) is 0 Å². The van der Waals surface area contributed by atoms with Crippen LogP contribution in [-0.4, -0.2) is 48.4 Å². The number of carbonyl (C=O) groups is 1. The first-order valence-corrected chi connectivity index (χ1v) is 6.35. The molecule has 1 amide bonds. The van der Waals surface area contributed by atoms with Crippen molar-refractivity contribution >= 4 is 5.91 Å². The molecule has 0 unspecified atom stereocenters. The van der Waals surface area contributed by atoms with E-state index >= 15 is 0 Å². The Morgan fingerprint density at radius 1 is 1.32 bits per heavy atom. The molecular weight excluding hydrogens is 245 g/mol. The number of rotatable bonds is 2. The SMILES string of the molecule is N#CCN1CCCN(C(=O)c2cccc(F)c2)CC1. The zero-order chi connectivity index (χ0) is 13.7. The molecule has 0 bridgehead atoms. The van der Waals surface area contributed by atoms with E-state index < -0.39 is 5.82 Å². The molecule has 0 aromatic heterocycles. The first kappa shape index (κ1) is 13.5. The van der Waals surface area contributed by atoms with Gasteiger partial charge >= 0.3 is 0 Å². The van der Waals surface area contributed by atoms with Crippen LogP contribution in [0.5, 0.6) is 0 Å². The largest absolute Gasteiger partial charge is 0.337 e. The molecule has 1 aliphatic rings. The van der Waals surface area contributed by atoms with E-state index in [4.69, 9.17) is 5.26 Å². The van der Waals surface area contributed by atoms with Crippen LogP contribution in [-0.2, 0) is 0 Å². The van der Waals surface area contributed by atoms with Gasteiger partial charge in [0.15, 0.2) is 0 Å². The Kier molecular flexibility index (Phi) is 4.48. The fourth-order valence-electron chi connectivity index (χ4n) is 2.24. The standard InChI is InChI=1S/C14H16FN3O/c15-13-4-1-3-12(11-13)14(19)18-7-2-6-17(8-5-16)9-10-18/h1,3-4,11H,2,6-10H2. The predicted octanol–water partition coefficient (Wildman–Crippen LogP) is 1.50. The van der Waals surface area contributed by atoms with E-state index in [1.54, 1.807) is 17.0 Å². The quantitative estimate of drug-likeness (QED) is 0.758. The molecule has 1 saturated heterocycles. The maximum atomic E-state index is 13.1. The van der Waals surface area contributed by atoms with Crippen molar-refractivity contribution in [1.82, 2.24) is 9.80 Å². The third-order valence-corrected chi connectivity index (χ3v) is 3.24. The molecule has 0 N–H and O–H groups in total. The summed E-state index contributed by atoms with van der Waals surface area (Å²) >= 11 is 0. The summed E-state index contributed by atoms with van der Waals surface area (Å²) in [6, 6.07) is 7.89. The number of halogens is 1. The van der Waals surface area contributed by atoms with E-state index in [0.717, 1.165) is 13.0 Å². The molecule has 1 fully saturated rings. The van der Waals surface area contributed by atoms with Gasteiger partial charge in [-0.2, -0.15) is 5.26 Å². The molecule has 5 heteroatoms. The number of carbonyl (C=O) groups excluding carboxylic acids is 1. The lowest BCUT2D eigenvalue weighted by Crippen LogP contribution is -2.35. The summed E-state index contributed by atoms with van der Waals surface area (Å²) in [5.74, 6) is -0.537. The van der Waals surface area contributed by atoms with Crippen molar-refractivity contribution in [3.05, 3.63) is 35.6 Å². The van der Waals surface area contributed by atoms with Crippen LogP contribution in [0.1, 0.15) is 16.8 Å². The third-order valence-electron chi connectivity index (χ3n) is 3.24.